The first-order chi connectivity index (χ1) is 8.49. The Labute approximate surface area is 107 Å². The summed E-state index contributed by atoms with van der Waals surface area (Å²) in [5.41, 5.74) is 11.6. The molecule has 5 N–H and O–H groups in total. The number of nitrogens with one attached hydrogen (secondary N) is 1. The first-order valence-corrected chi connectivity index (χ1v) is 6.06. The van der Waals surface area contributed by atoms with E-state index in [-0.39, 0.29) is 17.8 Å². The lowest BCUT2D eigenvalue weighted by molar-refractivity contribution is -0.131. The maximum atomic E-state index is 12.0. The average molecular weight is 251 g/mol. The van der Waals surface area contributed by atoms with Gasteiger partial charge in [0.1, 0.15) is 17.7 Å². The second-order valence-corrected chi connectivity index (χ2v) is 4.05. The van der Waals surface area contributed by atoms with Gasteiger partial charge in [-0.25, -0.2) is 4.98 Å². The molecule has 18 heavy (non-hydrogen) atoms. The number of hydrogen-bond acceptors (Lipinski definition) is 5. The van der Waals surface area contributed by atoms with Gasteiger partial charge < -0.3 is 21.7 Å². The number of carbonyl (C=O) groups excluding carboxylic acids is 1. The fourth-order valence-electron chi connectivity index (χ4n) is 1.66. The summed E-state index contributed by atoms with van der Waals surface area (Å²) in [5, 5.41) is 3.02. The maximum Gasteiger partial charge on any atom is 0.244 e. The molecule has 0 saturated carbocycles. The van der Waals surface area contributed by atoms with Crippen molar-refractivity contribution >= 4 is 23.2 Å². The third kappa shape index (κ3) is 3.26. The predicted octanol–water partition coefficient (Wildman–Crippen LogP) is 0.915. The van der Waals surface area contributed by atoms with Crippen molar-refractivity contribution < 1.29 is 4.79 Å². The number of carbonyl (C=O) groups is 1. The van der Waals surface area contributed by atoms with E-state index < -0.39 is 0 Å². The third-order valence-electron chi connectivity index (χ3n) is 2.77. The Bertz CT molecular complexity index is 417. The number of nitrogens with two attached hydrogens (primary N) is 2. The zero-order valence-electron chi connectivity index (χ0n) is 11.1. The van der Waals surface area contributed by atoms with Crippen LogP contribution in [0.3, 0.4) is 0 Å². The van der Waals surface area contributed by atoms with Gasteiger partial charge in [0.2, 0.25) is 5.91 Å². The van der Waals surface area contributed by atoms with Gasteiger partial charge in [-0.2, -0.15) is 0 Å². The molecule has 100 valence electrons. The van der Waals surface area contributed by atoms with Crippen LogP contribution in [-0.4, -0.2) is 34.9 Å². The highest BCUT2D eigenvalue weighted by Gasteiger charge is 2.18. The number of hydrogen-bond donors (Lipinski definition) is 3. The van der Waals surface area contributed by atoms with Crippen LogP contribution in [-0.2, 0) is 4.79 Å². The monoisotopic (exact) mass is 251 g/mol. The van der Waals surface area contributed by atoms with Crippen LogP contribution in [0, 0.1) is 0 Å². The Morgan fingerprint density at radius 1 is 1.39 bits per heavy atom. The van der Waals surface area contributed by atoms with E-state index in [1.165, 1.54) is 0 Å². The maximum absolute atomic E-state index is 12.0. The first kappa shape index (κ1) is 14.1. The number of likely N-dealkylation sites (N-methyl/N-ethyl adjacent to an activating group) is 1. The lowest BCUT2D eigenvalue weighted by Gasteiger charge is -2.23. The highest BCUT2D eigenvalue weighted by atomic mass is 16.2. The van der Waals surface area contributed by atoms with Crippen molar-refractivity contribution in [1.29, 1.82) is 0 Å². The SMILES string of the molecule is CCN(CC)C(=O)C(C)Nc1ccc(N)c(N)n1. The fraction of sp³-hybridized carbons (Fsp3) is 0.500. The van der Waals surface area contributed by atoms with Crippen LogP contribution >= 0.6 is 0 Å². The molecule has 0 aliphatic rings. The molecule has 1 unspecified atom stereocenters. The Kier molecular flexibility index (Phi) is 4.76. The molecule has 1 heterocycles. The summed E-state index contributed by atoms with van der Waals surface area (Å²) >= 11 is 0. The summed E-state index contributed by atoms with van der Waals surface area (Å²) in [4.78, 5) is 17.9. The summed E-state index contributed by atoms with van der Waals surface area (Å²) in [5.74, 6) is 0.856. The molecule has 0 radical (unpaired) electrons. The standard InChI is InChI=1S/C12H21N5O/c1-4-17(5-2)12(18)8(3)15-10-7-6-9(13)11(14)16-10/h6-8H,4-5,13H2,1-3H3,(H3,14,15,16). The smallest absolute Gasteiger partial charge is 0.244 e. The molecule has 1 rings (SSSR count). The van der Waals surface area contributed by atoms with Crippen LogP contribution in [0.5, 0.6) is 0 Å². The third-order valence-corrected chi connectivity index (χ3v) is 2.77. The second-order valence-electron chi connectivity index (χ2n) is 4.05. The normalized spacial score (nSPS) is 11.9. The Hall–Kier alpha value is -1.98. The molecule has 0 fully saturated rings. The van der Waals surface area contributed by atoms with Crippen molar-refractivity contribution in [3.05, 3.63) is 12.1 Å². The molecule has 1 aromatic rings. The van der Waals surface area contributed by atoms with E-state index in [1.807, 2.05) is 13.8 Å². The second kappa shape index (κ2) is 6.09. The Balaban J connectivity index is 2.71. The minimum absolute atomic E-state index is 0.0391. The zero-order valence-corrected chi connectivity index (χ0v) is 11.1. The van der Waals surface area contributed by atoms with E-state index in [9.17, 15) is 4.79 Å². The molecule has 1 atom stereocenters. The van der Waals surface area contributed by atoms with Crippen molar-refractivity contribution in [2.24, 2.45) is 0 Å². The number of amides is 1. The predicted molar refractivity (Wildman–Crippen MR) is 74.1 cm³/mol. The van der Waals surface area contributed by atoms with Gasteiger partial charge in [0.15, 0.2) is 0 Å². The van der Waals surface area contributed by atoms with Gasteiger partial charge in [0.25, 0.3) is 0 Å². The highest BCUT2D eigenvalue weighted by Crippen LogP contribution is 2.15. The number of aromatic nitrogens is 1. The number of anilines is 3. The van der Waals surface area contributed by atoms with Gasteiger partial charge in [0.05, 0.1) is 5.69 Å². The lowest BCUT2D eigenvalue weighted by Crippen LogP contribution is -2.41. The van der Waals surface area contributed by atoms with Gasteiger partial charge in [-0.3, -0.25) is 4.79 Å². The van der Waals surface area contributed by atoms with Crippen molar-refractivity contribution in [2.45, 2.75) is 26.8 Å². The average Bonchev–Trinajstić information content (AvgIpc) is 2.35. The first-order valence-electron chi connectivity index (χ1n) is 6.06. The van der Waals surface area contributed by atoms with Crippen molar-refractivity contribution in [3.8, 4) is 0 Å². The lowest BCUT2D eigenvalue weighted by atomic mass is 10.2. The van der Waals surface area contributed by atoms with Gasteiger partial charge in [-0.15, -0.1) is 0 Å². The summed E-state index contributed by atoms with van der Waals surface area (Å²) < 4.78 is 0. The molecule has 6 nitrogen and oxygen atoms in total. The summed E-state index contributed by atoms with van der Waals surface area (Å²) in [6.45, 7) is 7.09. The number of nitrogens with zero attached hydrogens (tertiary/aromatic N) is 2. The van der Waals surface area contributed by atoms with E-state index in [1.54, 1.807) is 24.0 Å². The van der Waals surface area contributed by atoms with E-state index in [2.05, 4.69) is 10.3 Å². The quantitative estimate of drug-likeness (QED) is 0.723. The van der Waals surface area contributed by atoms with Crippen molar-refractivity contribution in [1.82, 2.24) is 9.88 Å². The molecule has 0 aromatic carbocycles. The largest absolute Gasteiger partial charge is 0.396 e. The van der Waals surface area contributed by atoms with Crippen LogP contribution in [0.1, 0.15) is 20.8 Å². The fourth-order valence-corrected chi connectivity index (χ4v) is 1.66. The molecular weight excluding hydrogens is 230 g/mol. The summed E-state index contributed by atoms with van der Waals surface area (Å²) in [6, 6.07) is 3.03. The topological polar surface area (TPSA) is 97.3 Å². The van der Waals surface area contributed by atoms with Gasteiger partial charge >= 0.3 is 0 Å². The van der Waals surface area contributed by atoms with E-state index in [0.29, 0.717) is 24.6 Å². The van der Waals surface area contributed by atoms with Crippen molar-refractivity contribution in [2.75, 3.05) is 29.9 Å². The Morgan fingerprint density at radius 3 is 2.50 bits per heavy atom. The zero-order chi connectivity index (χ0) is 13.7. The molecule has 0 bridgehead atoms. The number of pyridine rings is 1. The molecule has 0 aliphatic heterocycles. The van der Waals surface area contributed by atoms with Crippen LogP contribution in [0.15, 0.2) is 12.1 Å². The molecule has 1 aromatic heterocycles. The molecule has 0 spiro atoms. The minimum Gasteiger partial charge on any atom is -0.396 e. The summed E-state index contributed by atoms with van der Waals surface area (Å²) in [6.07, 6.45) is 0. The molecule has 6 heteroatoms. The van der Waals surface area contributed by atoms with E-state index >= 15 is 0 Å². The van der Waals surface area contributed by atoms with Crippen LogP contribution in [0.4, 0.5) is 17.3 Å². The molecule has 1 amide bonds. The minimum atomic E-state index is -0.347. The van der Waals surface area contributed by atoms with Gasteiger partial charge in [-0.05, 0) is 32.9 Å². The van der Waals surface area contributed by atoms with Crippen molar-refractivity contribution in [3.63, 3.8) is 0 Å². The van der Waals surface area contributed by atoms with Crippen LogP contribution in [0.2, 0.25) is 0 Å². The van der Waals surface area contributed by atoms with E-state index in [4.69, 9.17) is 11.5 Å². The summed E-state index contributed by atoms with van der Waals surface area (Å²) in [7, 11) is 0. The highest BCUT2D eigenvalue weighted by molar-refractivity contribution is 5.84. The van der Waals surface area contributed by atoms with Gasteiger partial charge in [-0.1, -0.05) is 0 Å². The molecule has 0 aliphatic carbocycles. The molecule has 0 saturated heterocycles. The Morgan fingerprint density at radius 2 is 2.00 bits per heavy atom. The van der Waals surface area contributed by atoms with Crippen LogP contribution in [0.25, 0.3) is 0 Å². The van der Waals surface area contributed by atoms with E-state index in [0.717, 1.165) is 0 Å². The molecular formula is C12H21N5O. The van der Waals surface area contributed by atoms with Crippen LogP contribution < -0.4 is 16.8 Å². The number of rotatable bonds is 5. The van der Waals surface area contributed by atoms with Gasteiger partial charge in [0, 0.05) is 13.1 Å². The number of nitrogen functional groups attached to an aromatic ring is 2.